The number of nitrogens with one attached hydrogen (secondary N) is 3. The van der Waals surface area contributed by atoms with Crippen LogP contribution in [0, 0.1) is 0 Å². The van der Waals surface area contributed by atoms with Gasteiger partial charge in [0.15, 0.2) is 0 Å². The van der Waals surface area contributed by atoms with Crippen LogP contribution in [0.3, 0.4) is 0 Å². The number of phenols is 1. The van der Waals surface area contributed by atoms with Crippen molar-refractivity contribution in [3.05, 3.63) is 65.7 Å². The third-order valence-corrected chi connectivity index (χ3v) is 6.31. The van der Waals surface area contributed by atoms with E-state index in [2.05, 4.69) is 16.0 Å². The Kier molecular flexibility index (Phi) is 13.0. The third kappa shape index (κ3) is 10.6. The van der Waals surface area contributed by atoms with E-state index in [9.17, 15) is 34.5 Å². The largest absolute Gasteiger partial charge is 0.508 e. The van der Waals surface area contributed by atoms with Gasteiger partial charge >= 0.3 is 5.97 Å². The highest BCUT2D eigenvalue weighted by atomic mass is 16.4. The number of carboxylic acids is 1. The summed E-state index contributed by atoms with van der Waals surface area (Å²) < 4.78 is 0. The van der Waals surface area contributed by atoms with Gasteiger partial charge in [0, 0.05) is 12.8 Å². The van der Waals surface area contributed by atoms with Crippen LogP contribution < -0.4 is 27.4 Å². The Balaban J connectivity index is 2.25. The summed E-state index contributed by atoms with van der Waals surface area (Å²) in [5.41, 5.74) is 12.6. The number of aromatic hydroxyl groups is 1. The number of nitrogens with two attached hydrogens (primary N) is 2. The van der Waals surface area contributed by atoms with Crippen LogP contribution >= 0.6 is 0 Å². The predicted molar refractivity (Wildman–Crippen MR) is 148 cm³/mol. The number of unbranched alkanes of at least 4 members (excludes halogenated alkanes) is 1. The Morgan fingerprint density at radius 1 is 0.775 bits per heavy atom. The number of carbonyl (C=O) groups excluding carboxylic acids is 3. The fourth-order valence-electron chi connectivity index (χ4n) is 3.92. The van der Waals surface area contributed by atoms with Gasteiger partial charge in [0.2, 0.25) is 17.7 Å². The highest BCUT2D eigenvalue weighted by Gasteiger charge is 2.31. The van der Waals surface area contributed by atoms with Crippen molar-refractivity contribution >= 4 is 23.7 Å². The molecule has 40 heavy (non-hydrogen) atoms. The third-order valence-electron chi connectivity index (χ3n) is 6.31. The second-order valence-corrected chi connectivity index (χ2v) is 9.63. The molecule has 0 heterocycles. The van der Waals surface area contributed by atoms with Crippen molar-refractivity contribution < 1.29 is 34.5 Å². The fraction of sp³-hybridized carbons (Fsp3) is 0.429. The number of carboxylic acid groups (broad SMARTS) is 1. The molecule has 3 amide bonds. The lowest BCUT2D eigenvalue weighted by Crippen LogP contribution is -2.58. The molecule has 0 aliphatic carbocycles. The molecule has 2 aromatic rings. The average Bonchev–Trinajstić information content (AvgIpc) is 2.92. The minimum atomic E-state index is -1.31. The van der Waals surface area contributed by atoms with Crippen LogP contribution in [0.4, 0.5) is 0 Å². The van der Waals surface area contributed by atoms with E-state index in [0.29, 0.717) is 30.5 Å². The molecule has 2 aromatic carbocycles. The lowest BCUT2D eigenvalue weighted by molar-refractivity contribution is -0.142. The normalized spacial score (nSPS) is 14.7. The van der Waals surface area contributed by atoms with Crippen molar-refractivity contribution in [1.82, 2.24) is 16.0 Å². The van der Waals surface area contributed by atoms with E-state index >= 15 is 0 Å². The summed E-state index contributed by atoms with van der Waals surface area (Å²) in [6.07, 6.45) is 0.156. The number of amides is 3. The van der Waals surface area contributed by atoms with Gasteiger partial charge in [-0.25, -0.2) is 4.79 Å². The van der Waals surface area contributed by atoms with Gasteiger partial charge in [-0.2, -0.15) is 0 Å². The Hall–Kier alpha value is -4.00. The van der Waals surface area contributed by atoms with E-state index in [0.717, 1.165) is 0 Å². The van der Waals surface area contributed by atoms with Crippen molar-refractivity contribution in [3.63, 3.8) is 0 Å². The molecular formula is C28H39N5O7. The number of hydrogen-bond acceptors (Lipinski definition) is 8. The van der Waals surface area contributed by atoms with Crippen LogP contribution in [0.5, 0.6) is 5.75 Å². The maximum atomic E-state index is 13.4. The van der Waals surface area contributed by atoms with E-state index in [1.54, 1.807) is 42.5 Å². The van der Waals surface area contributed by atoms with Crippen molar-refractivity contribution in [2.24, 2.45) is 11.5 Å². The van der Waals surface area contributed by atoms with E-state index < -0.39 is 54.0 Å². The number of aliphatic hydroxyl groups excluding tert-OH is 1. The maximum absolute atomic E-state index is 13.4. The second kappa shape index (κ2) is 16.2. The smallest absolute Gasteiger partial charge is 0.326 e. The number of carbonyl (C=O) groups is 4. The van der Waals surface area contributed by atoms with Gasteiger partial charge in [0.05, 0.1) is 6.10 Å². The molecule has 0 aliphatic heterocycles. The molecule has 12 nitrogen and oxygen atoms in total. The van der Waals surface area contributed by atoms with Gasteiger partial charge in [0.1, 0.15) is 29.9 Å². The van der Waals surface area contributed by atoms with E-state index in [1.165, 1.54) is 19.1 Å². The average molecular weight is 558 g/mol. The first-order valence-corrected chi connectivity index (χ1v) is 13.1. The summed E-state index contributed by atoms with van der Waals surface area (Å²) in [4.78, 5) is 51.2. The first-order valence-electron chi connectivity index (χ1n) is 13.1. The molecule has 0 aliphatic rings. The van der Waals surface area contributed by atoms with Gasteiger partial charge in [-0.1, -0.05) is 42.5 Å². The molecule has 2 rings (SSSR count). The van der Waals surface area contributed by atoms with Crippen molar-refractivity contribution in [2.45, 2.75) is 69.3 Å². The van der Waals surface area contributed by atoms with Crippen LogP contribution in [0.2, 0.25) is 0 Å². The molecule has 0 saturated carbocycles. The standard InChI is InChI=1S/C28H39N5O7/c1-17(34)24(30)27(38)31-21(9-5-6-14-29)25(36)32-22(15-18-7-3-2-4-8-18)26(37)33-23(28(39)40)16-19-10-12-20(35)13-11-19/h2-4,7-8,10-13,17,21-24,34-35H,5-6,9,14-16,29-30H2,1H3,(H,31,38)(H,32,36)(H,33,37)(H,39,40). The molecule has 5 unspecified atom stereocenters. The molecule has 0 spiro atoms. The Morgan fingerprint density at radius 3 is 1.88 bits per heavy atom. The molecule has 218 valence electrons. The zero-order valence-electron chi connectivity index (χ0n) is 22.5. The van der Waals surface area contributed by atoms with Crippen molar-refractivity contribution in [1.29, 1.82) is 0 Å². The Bertz CT molecular complexity index is 1110. The van der Waals surface area contributed by atoms with E-state index in [4.69, 9.17) is 11.5 Å². The fourth-order valence-corrected chi connectivity index (χ4v) is 3.92. The predicted octanol–water partition coefficient (Wildman–Crippen LogP) is -0.446. The van der Waals surface area contributed by atoms with E-state index in [-0.39, 0.29) is 25.0 Å². The lowest BCUT2D eigenvalue weighted by Gasteiger charge is -2.26. The van der Waals surface area contributed by atoms with Crippen molar-refractivity contribution in [2.75, 3.05) is 6.54 Å². The summed E-state index contributed by atoms with van der Waals surface area (Å²) in [5.74, 6) is -3.37. The zero-order valence-corrected chi connectivity index (χ0v) is 22.5. The SMILES string of the molecule is CC(O)C(N)C(=O)NC(CCCCN)C(=O)NC(Cc1ccccc1)C(=O)NC(Cc1ccc(O)cc1)C(=O)O. The summed E-state index contributed by atoms with van der Waals surface area (Å²) in [6.45, 7) is 1.73. The molecule has 0 bridgehead atoms. The number of rotatable bonds is 16. The summed E-state index contributed by atoms with van der Waals surface area (Å²) in [6, 6.07) is 9.98. The molecule has 0 radical (unpaired) electrons. The number of aliphatic hydroxyl groups is 1. The van der Waals surface area contributed by atoms with Gasteiger partial charge in [-0.05, 0) is 56.0 Å². The monoisotopic (exact) mass is 557 g/mol. The molecule has 5 atom stereocenters. The first kappa shape index (κ1) is 32.2. The first-order chi connectivity index (χ1) is 19.0. The second-order valence-electron chi connectivity index (χ2n) is 9.63. The molecule has 0 saturated heterocycles. The van der Waals surface area contributed by atoms with E-state index in [1.807, 2.05) is 0 Å². The minimum absolute atomic E-state index is 0.0211. The van der Waals surface area contributed by atoms with Crippen LogP contribution in [0.15, 0.2) is 54.6 Å². The van der Waals surface area contributed by atoms with Gasteiger partial charge in [-0.3, -0.25) is 14.4 Å². The van der Waals surface area contributed by atoms with Crippen LogP contribution in [-0.2, 0) is 32.0 Å². The maximum Gasteiger partial charge on any atom is 0.326 e. The summed E-state index contributed by atoms with van der Waals surface area (Å²) in [7, 11) is 0. The van der Waals surface area contributed by atoms with Crippen LogP contribution in [0.25, 0.3) is 0 Å². The molecule has 10 N–H and O–H groups in total. The topological polar surface area (TPSA) is 217 Å². The molecule has 0 aromatic heterocycles. The van der Waals surface area contributed by atoms with Crippen LogP contribution in [0.1, 0.15) is 37.3 Å². The summed E-state index contributed by atoms with van der Waals surface area (Å²) >= 11 is 0. The number of aliphatic carboxylic acids is 1. The van der Waals surface area contributed by atoms with Gasteiger partial charge < -0.3 is 42.7 Å². The Morgan fingerprint density at radius 2 is 1.30 bits per heavy atom. The number of benzene rings is 2. The van der Waals surface area contributed by atoms with Crippen LogP contribution in [-0.4, -0.2) is 75.8 Å². The molecular weight excluding hydrogens is 518 g/mol. The van der Waals surface area contributed by atoms with Crippen molar-refractivity contribution in [3.8, 4) is 5.75 Å². The summed E-state index contributed by atoms with van der Waals surface area (Å²) in [5, 5.41) is 36.6. The highest BCUT2D eigenvalue weighted by molar-refractivity contribution is 5.94. The lowest BCUT2D eigenvalue weighted by atomic mass is 10.0. The molecule has 12 heteroatoms. The molecule has 0 fully saturated rings. The zero-order chi connectivity index (χ0) is 29.7. The van der Waals surface area contributed by atoms with Gasteiger partial charge in [-0.15, -0.1) is 0 Å². The highest BCUT2D eigenvalue weighted by Crippen LogP contribution is 2.12. The number of phenolic OH excluding ortho intramolecular Hbond substituents is 1. The number of hydrogen-bond donors (Lipinski definition) is 8. The quantitative estimate of drug-likeness (QED) is 0.125. The van der Waals surface area contributed by atoms with Gasteiger partial charge in [0.25, 0.3) is 0 Å². The Labute approximate surface area is 233 Å². The minimum Gasteiger partial charge on any atom is -0.508 e.